The Kier molecular flexibility index (Phi) is 4.83. The van der Waals surface area contributed by atoms with Crippen LogP contribution < -0.4 is 14.8 Å². The minimum absolute atomic E-state index is 0.312. The average Bonchev–Trinajstić information content (AvgIpc) is 3.14. The molecule has 1 unspecified atom stereocenters. The van der Waals surface area contributed by atoms with Crippen molar-refractivity contribution < 1.29 is 9.47 Å². The molecule has 0 radical (unpaired) electrons. The van der Waals surface area contributed by atoms with E-state index >= 15 is 0 Å². The first-order chi connectivity index (χ1) is 10.3. The Morgan fingerprint density at radius 2 is 2.14 bits per heavy atom. The SMILES string of the molecule is CCCC(NCc1cc2c(cc1Br)OCO2)c1cccs1. The number of hydrogen-bond acceptors (Lipinski definition) is 4. The van der Waals surface area contributed by atoms with Crippen molar-refractivity contribution in [2.75, 3.05) is 6.79 Å². The van der Waals surface area contributed by atoms with E-state index in [1.54, 1.807) is 0 Å². The number of benzene rings is 1. The Morgan fingerprint density at radius 1 is 1.33 bits per heavy atom. The third kappa shape index (κ3) is 3.42. The van der Waals surface area contributed by atoms with Crippen LogP contribution in [0.15, 0.2) is 34.1 Å². The summed E-state index contributed by atoms with van der Waals surface area (Å²) in [6.07, 6.45) is 2.31. The molecule has 1 aromatic heterocycles. The van der Waals surface area contributed by atoms with Gasteiger partial charge in [-0.15, -0.1) is 11.3 Å². The third-order valence-corrected chi connectivity index (χ3v) is 5.27. The van der Waals surface area contributed by atoms with E-state index in [0.717, 1.165) is 35.4 Å². The van der Waals surface area contributed by atoms with E-state index in [0.29, 0.717) is 12.8 Å². The van der Waals surface area contributed by atoms with Gasteiger partial charge in [0.25, 0.3) is 0 Å². The maximum Gasteiger partial charge on any atom is 0.231 e. The minimum atomic E-state index is 0.312. The van der Waals surface area contributed by atoms with Crippen molar-refractivity contribution in [2.45, 2.75) is 32.4 Å². The van der Waals surface area contributed by atoms with Crippen LogP contribution in [0, 0.1) is 0 Å². The molecule has 1 N–H and O–H groups in total. The average molecular weight is 368 g/mol. The van der Waals surface area contributed by atoms with Crippen molar-refractivity contribution in [1.82, 2.24) is 5.32 Å². The van der Waals surface area contributed by atoms with Crippen molar-refractivity contribution in [3.05, 3.63) is 44.6 Å². The Hall–Kier alpha value is -1.04. The predicted molar refractivity (Wildman–Crippen MR) is 89.1 cm³/mol. The van der Waals surface area contributed by atoms with Gasteiger partial charge in [-0.05, 0) is 35.6 Å². The van der Waals surface area contributed by atoms with E-state index in [1.807, 2.05) is 17.4 Å². The summed E-state index contributed by atoms with van der Waals surface area (Å²) in [5.41, 5.74) is 1.19. The fourth-order valence-corrected chi connectivity index (χ4v) is 3.75. The van der Waals surface area contributed by atoms with Gasteiger partial charge in [0.05, 0.1) is 0 Å². The van der Waals surface area contributed by atoms with E-state index in [4.69, 9.17) is 9.47 Å². The van der Waals surface area contributed by atoms with Crippen LogP contribution in [-0.2, 0) is 6.54 Å². The molecule has 1 aliphatic rings. The van der Waals surface area contributed by atoms with Crippen LogP contribution in [0.4, 0.5) is 0 Å². The molecule has 0 aliphatic carbocycles. The number of halogens is 1. The first-order valence-electron chi connectivity index (χ1n) is 7.12. The van der Waals surface area contributed by atoms with Crippen molar-refractivity contribution >= 4 is 27.3 Å². The highest BCUT2D eigenvalue weighted by Gasteiger charge is 2.17. The molecular formula is C16H18BrNO2S. The lowest BCUT2D eigenvalue weighted by molar-refractivity contribution is 0.174. The number of fused-ring (bicyclic) bond motifs is 1. The van der Waals surface area contributed by atoms with E-state index in [1.165, 1.54) is 10.4 Å². The first-order valence-corrected chi connectivity index (χ1v) is 8.80. The smallest absolute Gasteiger partial charge is 0.231 e. The van der Waals surface area contributed by atoms with Gasteiger partial charge in [-0.2, -0.15) is 0 Å². The van der Waals surface area contributed by atoms with Crippen molar-refractivity contribution in [2.24, 2.45) is 0 Å². The molecule has 0 saturated heterocycles. The quantitative estimate of drug-likeness (QED) is 0.789. The highest BCUT2D eigenvalue weighted by Crippen LogP contribution is 2.37. The van der Waals surface area contributed by atoms with Crippen molar-refractivity contribution in [3.63, 3.8) is 0 Å². The van der Waals surface area contributed by atoms with Gasteiger partial charge >= 0.3 is 0 Å². The minimum Gasteiger partial charge on any atom is -0.454 e. The summed E-state index contributed by atoms with van der Waals surface area (Å²) in [6, 6.07) is 8.76. The molecule has 3 nitrogen and oxygen atoms in total. The normalized spacial score (nSPS) is 14.4. The highest BCUT2D eigenvalue weighted by molar-refractivity contribution is 9.10. The van der Waals surface area contributed by atoms with Crippen LogP contribution >= 0.6 is 27.3 Å². The van der Waals surface area contributed by atoms with E-state index < -0.39 is 0 Å². The summed E-state index contributed by atoms with van der Waals surface area (Å²) >= 11 is 5.43. The number of rotatable bonds is 6. The second kappa shape index (κ2) is 6.81. The highest BCUT2D eigenvalue weighted by atomic mass is 79.9. The van der Waals surface area contributed by atoms with E-state index in [9.17, 15) is 0 Å². The summed E-state index contributed by atoms with van der Waals surface area (Å²) in [6.45, 7) is 3.34. The largest absolute Gasteiger partial charge is 0.454 e. The van der Waals surface area contributed by atoms with Gasteiger partial charge in [-0.1, -0.05) is 35.3 Å². The summed E-state index contributed by atoms with van der Waals surface area (Å²) in [5, 5.41) is 5.79. The standard InChI is InChI=1S/C16H18BrNO2S/c1-2-4-13(16-5-3-6-21-16)18-9-11-7-14-15(8-12(11)17)20-10-19-14/h3,5-8,13,18H,2,4,9-10H2,1H3. The Balaban J connectivity index is 1.71. The summed E-state index contributed by atoms with van der Waals surface area (Å²) in [7, 11) is 0. The zero-order valence-corrected chi connectivity index (χ0v) is 14.3. The maximum absolute atomic E-state index is 5.45. The lowest BCUT2D eigenvalue weighted by Crippen LogP contribution is -2.20. The molecule has 112 valence electrons. The molecular weight excluding hydrogens is 350 g/mol. The molecule has 2 aromatic rings. The van der Waals surface area contributed by atoms with E-state index in [2.05, 4.69) is 51.7 Å². The van der Waals surface area contributed by atoms with Gasteiger partial charge in [0.15, 0.2) is 11.5 Å². The summed E-state index contributed by atoms with van der Waals surface area (Å²) < 4.78 is 11.9. The molecule has 3 rings (SSSR count). The zero-order chi connectivity index (χ0) is 14.7. The number of ether oxygens (including phenoxy) is 2. The molecule has 0 spiro atoms. The van der Waals surface area contributed by atoms with Gasteiger partial charge < -0.3 is 14.8 Å². The van der Waals surface area contributed by atoms with Crippen LogP contribution in [0.2, 0.25) is 0 Å². The number of nitrogens with one attached hydrogen (secondary N) is 1. The molecule has 2 heterocycles. The van der Waals surface area contributed by atoms with Gasteiger partial charge in [0.2, 0.25) is 6.79 Å². The monoisotopic (exact) mass is 367 g/mol. The number of thiophene rings is 1. The van der Waals surface area contributed by atoms with Crippen LogP contribution in [0.1, 0.15) is 36.2 Å². The van der Waals surface area contributed by atoms with E-state index in [-0.39, 0.29) is 0 Å². The van der Waals surface area contributed by atoms with Gasteiger partial charge in [-0.3, -0.25) is 0 Å². The fraction of sp³-hybridized carbons (Fsp3) is 0.375. The maximum atomic E-state index is 5.45. The first kappa shape index (κ1) is 14.9. The third-order valence-electron chi connectivity index (χ3n) is 3.54. The second-order valence-corrected chi connectivity index (χ2v) is 6.87. The van der Waals surface area contributed by atoms with Crippen LogP contribution in [0.5, 0.6) is 11.5 Å². The Labute approximate surface area is 137 Å². The Morgan fingerprint density at radius 3 is 2.86 bits per heavy atom. The molecule has 1 atom stereocenters. The second-order valence-electron chi connectivity index (χ2n) is 5.03. The number of hydrogen-bond donors (Lipinski definition) is 1. The molecule has 21 heavy (non-hydrogen) atoms. The molecule has 0 bridgehead atoms. The lowest BCUT2D eigenvalue weighted by atomic mass is 10.1. The molecule has 0 amide bonds. The topological polar surface area (TPSA) is 30.5 Å². The lowest BCUT2D eigenvalue weighted by Gasteiger charge is -2.17. The Bertz CT molecular complexity index is 601. The molecule has 1 aromatic carbocycles. The van der Waals surface area contributed by atoms with Gasteiger partial charge in [0, 0.05) is 21.9 Å². The van der Waals surface area contributed by atoms with Gasteiger partial charge in [0.1, 0.15) is 0 Å². The van der Waals surface area contributed by atoms with Crippen molar-refractivity contribution in [1.29, 1.82) is 0 Å². The zero-order valence-electron chi connectivity index (χ0n) is 11.9. The van der Waals surface area contributed by atoms with Crippen molar-refractivity contribution in [3.8, 4) is 11.5 Å². The molecule has 1 aliphatic heterocycles. The summed E-state index contributed by atoms with van der Waals surface area (Å²) in [5.74, 6) is 1.65. The van der Waals surface area contributed by atoms with Crippen LogP contribution in [0.3, 0.4) is 0 Å². The fourth-order valence-electron chi connectivity index (χ4n) is 2.45. The summed E-state index contributed by atoms with van der Waals surface area (Å²) in [4.78, 5) is 1.40. The van der Waals surface area contributed by atoms with Crippen LogP contribution in [-0.4, -0.2) is 6.79 Å². The predicted octanol–water partition coefficient (Wildman–Crippen LogP) is 4.87. The molecule has 0 fully saturated rings. The molecule has 5 heteroatoms. The van der Waals surface area contributed by atoms with Crippen LogP contribution in [0.25, 0.3) is 0 Å². The molecule has 0 saturated carbocycles. The van der Waals surface area contributed by atoms with Gasteiger partial charge in [-0.25, -0.2) is 0 Å².